The maximum atomic E-state index is 9.71. The van der Waals surface area contributed by atoms with Gasteiger partial charge in [0.05, 0.1) is 6.10 Å². The van der Waals surface area contributed by atoms with Crippen molar-refractivity contribution in [1.29, 1.82) is 0 Å². The van der Waals surface area contributed by atoms with Gasteiger partial charge in [-0.3, -0.25) is 0 Å². The smallest absolute Gasteiger partial charge is 0.125 e. The zero-order valence-electron chi connectivity index (χ0n) is 8.85. The van der Waals surface area contributed by atoms with Crippen LogP contribution in [0.25, 0.3) is 10.4 Å². The van der Waals surface area contributed by atoms with Crippen LogP contribution in [0.5, 0.6) is 0 Å². The molecular formula is C9H13N5O2. The number of rotatable bonds is 5. The number of aliphatic hydroxyl groups is 2. The van der Waals surface area contributed by atoms with Crippen molar-refractivity contribution in [3.63, 3.8) is 0 Å². The summed E-state index contributed by atoms with van der Waals surface area (Å²) in [4.78, 5) is 10.4. The fourth-order valence-corrected chi connectivity index (χ4v) is 1.17. The van der Waals surface area contributed by atoms with Crippen LogP contribution in [0.15, 0.2) is 17.5 Å². The Morgan fingerprint density at radius 3 is 2.62 bits per heavy atom. The summed E-state index contributed by atoms with van der Waals surface area (Å²) in [5, 5.41) is 22.6. The summed E-state index contributed by atoms with van der Waals surface area (Å²) >= 11 is 0. The Morgan fingerprint density at radius 1 is 1.44 bits per heavy atom. The molecule has 0 saturated heterocycles. The molecule has 0 aliphatic carbocycles. The standard InChI is InChI=1S/C9H13N5O2/c1-6-11-4-7(5-12-6)9(16)8(15)2-3-13-14-10/h4-5,8-9,15-16H,2-3H2,1H3. The van der Waals surface area contributed by atoms with Crippen LogP contribution in [0.4, 0.5) is 0 Å². The van der Waals surface area contributed by atoms with Crippen LogP contribution in [-0.2, 0) is 0 Å². The Hall–Kier alpha value is -1.69. The molecule has 1 aromatic rings. The van der Waals surface area contributed by atoms with Gasteiger partial charge in [-0.2, -0.15) is 0 Å². The van der Waals surface area contributed by atoms with Gasteiger partial charge in [-0.1, -0.05) is 5.11 Å². The van der Waals surface area contributed by atoms with Gasteiger partial charge in [-0.25, -0.2) is 9.97 Å². The second-order valence-corrected chi connectivity index (χ2v) is 3.32. The van der Waals surface area contributed by atoms with Gasteiger partial charge in [0.1, 0.15) is 11.9 Å². The molecule has 0 aliphatic rings. The van der Waals surface area contributed by atoms with E-state index in [1.54, 1.807) is 6.92 Å². The molecule has 1 heterocycles. The topological polar surface area (TPSA) is 115 Å². The Kier molecular flexibility index (Phi) is 4.65. The second-order valence-electron chi connectivity index (χ2n) is 3.32. The van der Waals surface area contributed by atoms with Gasteiger partial charge in [-0.15, -0.1) is 0 Å². The highest BCUT2D eigenvalue weighted by Crippen LogP contribution is 2.17. The first-order chi connectivity index (χ1) is 7.65. The highest BCUT2D eigenvalue weighted by molar-refractivity contribution is 5.09. The third kappa shape index (κ3) is 3.47. The van der Waals surface area contributed by atoms with Gasteiger partial charge in [0.2, 0.25) is 0 Å². The lowest BCUT2D eigenvalue weighted by atomic mass is 10.1. The molecule has 0 fully saturated rings. The van der Waals surface area contributed by atoms with Crippen LogP contribution in [0, 0.1) is 6.92 Å². The molecule has 16 heavy (non-hydrogen) atoms. The molecule has 7 heteroatoms. The zero-order chi connectivity index (χ0) is 12.0. The van der Waals surface area contributed by atoms with E-state index in [0.29, 0.717) is 11.4 Å². The number of aromatic nitrogens is 2. The number of aryl methyl sites for hydroxylation is 1. The summed E-state index contributed by atoms with van der Waals surface area (Å²) in [6.07, 6.45) is 1.07. The third-order valence-corrected chi connectivity index (χ3v) is 2.10. The lowest BCUT2D eigenvalue weighted by Gasteiger charge is -2.16. The van der Waals surface area contributed by atoms with Crippen LogP contribution < -0.4 is 0 Å². The Morgan fingerprint density at radius 2 is 2.06 bits per heavy atom. The predicted octanol–water partition coefficient (Wildman–Crippen LogP) is 0.880. The van der Waals surface area contributed by atoms with E-state index in [4.69, 9.17) is 5.53 Å². The van der Waals surface area contributed by atoms with Crippen LogP contribution >= 0.6 is 0 Å². The normalized spacial score (nSPS) is 13.9. The average molecular weight is 223 g/mol. The first kappa shape index (κ1) is 12.4. The second kappa shape index (κ2) is 6.02. The minimum atomic E-state index is -1.06. The Bertz CT molecular complexity index is 374. The van der Waals surface area contributed by atoms with Gasteiger partial charge in [0.25, 0.3) is 0 Å². The molecule has 2 unspecified atom stereocenters. The summed E-state index contributed by atoms with van der Waals surface area (Å²) in [5.41, 5.74) is 8.50. The molecule has 2 atom stereocenters. The number of nitrogens with zero attached hydrogens (tertiary/aromatic N) is 5. The van der Waals surface area contributed by atoms with Gasteiger partial charge in [-0.05, 0) is 18.9 Å². The van der Waals surface area contributed by atoms with Crippen molar-refractivity contribution in [2.75, 3.05) is 6.54 Å². The maximum Gasteiger partial charge on any atom is 0.125 e. The average Bonchev–Trinajstić information content (AvgIpc) is 2.29. The summed E-state index contributed by atoms with van der Waals surface area (Å²) < 4.78 is 0. The minimum absolute atomic E-state index is 0.140. The molecule has 0 radical (unpaired) electrons. The molecule has 0 saturated carbocycles. The van der Waals surface area contributed by atoms with Crippen molar-refractivity contribution in [1.82, 2.24) is 9.97 Å². The van der Waals surface area contributed by atoms with Crippen LogP contribution in [0.3, 0.4) is 0 Å². The SMILES string of the molecule is Cc1ncc(C(O)C(O)CCN=[N+]=[N-])cn1. The van der Waals surface area contributed by atoms with E-state index in [2.05, 4.69) is 20.0 Å². The van der Waals surface area contributed by atoms with E-state index in [0.717, 1.165) is 0 Å². The van der Waals surface area contributed by atoms with Crippen molar-refractivity contribution in [3.8, 4) is 0 Å². The molecule has 0 spiro atoms. The number of aliphatic hydroxyl groups excluding tert-OH is 2. The summed E-state index contributed by atoms with van der Waals surface area (Å²) in [6.45, 7) is 1.87. The van der Waals surface area contributed by atoms with Crippen molar-refractivity contribution in [2.45, 2.75) is 25.6 Å². The molecule has 0 aliphatic heterocycles. The fraction of sp³-hybridized carbons (Fsp3) is 0.556. The molecule has 0 bridgehead atoms. The van der Waals surface area contributed by atoms with Crippen LogP contribution in [-0.4, -0.2) is 32.8 Å². The van der Waals surface area contributed by atoms with Crippen molar-refractivity contribution >= 4 is 0 Å². The summed E-state index contributed by atoms with van der Waals surface area (Å²) in [7, 11) is 0. The molecule has 86 valence electrons. The van der Waals surface area contributed by atoms with E-state index in [1.807, 2.05) is 0 Å². The first-order valence-corrected chi connectivity index (χ1v) is 4.80. The predicted molar refractivity (Wildman–Crippen MR) is 56.4 cm³/mol. The van der Waals surface area contributed by atoms with Crippen molar-refractivity contribution < 1.29 is 10.2 Å². The molecular weight excluding hydrogens is 210 g/mol. The molecule has 1 rings (SSSR count). The number of hydrogen-bond donors (Lipinski definition) is 2. The highest BCUT2D eigenvalue weighted by atomic mass is 16.3. The Labute approximate surface area is 92.4 Å². The molecule has 0 aromatic carbocycles. The van der Waals surface area contributed by atoms with Gasteiger partial charge in [0, 0.05) is 29.4 Å². The monoisotopic (exact) mass is 223 g/mol. The Balaban J connectivity index is 2.58. The van der Waals surface area contributed by atoms with Crippen molar-refractivity contribution in [2.24, 2.45) is 5.11 Å². The first-order valence-electron chi connectivity index (χ1n) is 4.80. The van der Waals surface area contributed by atoms with Gasteiger partial charge >= 0.3 is 0 Å². The number of azide groups is 1. The lowest BCUT2D eigenvalue weighted by Crippen LogP contribution is -2.19. The third-order valence-electron chi connectivity index (χ3n) is 2.10. The van der Waals surface area contributed by atoms with E-state index in [9.17, 15) is 10.2 Å². The summed E-state index contributed by atoms with van der Waals surface area (Å²) in [6, 6.07) is 0. The minimum Gasteiger partial charge on any atom is -0.390 e. The summed E-state index contributed by atoms with van der Waals surface area (Å²) in [5.74, 6) is 0.597. The molecule has 0 amide bonds. The van der Waals surface area contributed by atoms with Crippen molar-refractivity contribution in [3.05, 3.63) is 34.2 Å². The van der Waals surface area contributed by atoms with E-state index in [1.165, 1.54) is 12.4 Å². The maximum absolute atomic E-state index is 9.71. The van der Waals surface area contributed by atoms with E-state index >= 15 is 0 Å². The largest absolute Gasteiger partial charge is 0.390 e. The van der Waals surface area contributed by atoms with Crippen LogP contribution in [0.1, 0.15) is 23.9 Å². The molecule has 2 N–H and O–H groups in total. The molecule has 1 aromatic heterocycles. The van der Waals surface area contributed by atoms with E-state index < -0.39 is 12.2 Å². The quantitative estimate of drug-likeness (QED) is 0.438. The van der Waals surface area contributed by atoms with Gasteiger partial charge in [0.15, 0.2) is 0 Å². The molecule has 7 nitrogen and oxygen atoms in total. The number of hydrogen-bond acceptors (Lipinski definition) is 5. The van der Waals surface area contributed by atoms with E-state index in [-0.39, 0.29) is 13.0 Å². The lowest BCUT2D eigenvalue weighted by molar-refractivity contribution is 0.0146. The highest BCUT2D eigenvalue weighted by Gasteiger charge is 2.18. The van der Waals surface area contributed by atoms with Crippen LogP contribution in [0.2, 0.25) is 0 Å². The van der Waals surface area contributed by atoms with Gasteiger partial charge < -0.3 is 10.2 Å². The fourth-order valence-electron chi connectivity index (χ4n) is 1.17. The zero-order valence-corrected chi connectivity index (χ0v) is 8.85.